The van der Waals surface area contributed by atoms with Crippen molar-refractivity contribution in [3.8, 4) is 0 Å². The molecule has 0 spiro atoms. The van der Waals surface area contributed by atoms with Crippen LogP contribution >= 0.6 is 24.0 Å². The van der Waals surface area contributed by atoms with Gasteiger partial charge in [-0.05, 0) is 63.6 Å². The van der Waals surface area contributed by atoms with Crippen LogP contribution in [-0.2, 0) is 11.3 Å². The number of nitrogens with zero attached hydrogens (tertiary/aromatic N) is 2. The van der Waals surface area contributed by atoms with Crippen molar-refractivity contribution in [2.24, 2.45) is 10.9 Å². The first-order valence-electron chi connectivity index (χ1n) is 9.94. The highest BCUT2D eigenvalue weighted by Crippen LogP contribution is 2.21. The van der Waals surface area contributed by atoms with Crippen LogP contribution in [-0.4, -0.2) is 49.2 Å². The van der Waals surface area contributed by atoms with Gasteiger partial charge >= 0.3 is 6.09 Å². The number of rotatable bonds is 5. The van der Waals surface area contributed by atoms with E-state index in [1.807, 2.05) is 25.7 Å². The first-order chi connectivity index (χ1) is 13.3. The number of nitrogens with one attached hydrogen (secondary N) is 2. The zero-order valence-electron chi connectivity index (χ0n) is 17.8. The van der Waals surface area contributed by atoms with Gasteiger partial charge in [-0.2, -0.15) is 0 Å². The van der Waals surface area contributed by atoms with Crippen molar-refractivity contribution in [1.82, 2.24) is 15.5 Å². The van der Waals surface area contributed by atoms with E-state index in [9.17, 15) is 9.18 Å². The molecule has 1 aliphatic rings. The maximum atomic E-state index is 13.0. The second-order valence-corrected chi connectivity index (χ2v) is 8.20. The number of ether oxygens (including phenoxy) is 1. The molecule has 2 N–H and O–H groups in total. The number of benzene rings is 1. The van der Waals surface area contributed by atoms with Crippen LogP contribution in [0.3, 0.4) is 0 Å². The summed E-state index contributed by atoms with van der Waals surface area (Å²) in [6.45, 7) is 8.52. The highest BCUT2D eigenvalue weighted by molar-refractivity contribution is 14.0. The van der Waals surface area contributed by atoms with Crippen molar-refractivity contribution >= 4 is 36.0 Å². The Morgan fingerprint density at radius 3 is 2.59 bits per heavy atom. The quantitative estimate of drug-likeness (QED) is 0.348. The Bertz CT molecular complexity index is 662. The summed E-state index contributed by atoms with van der Waals surface area (Å²) in [4.78, 5) is 18.3. The van der Waals surface area contributed by atoms with Crippen LogP contribution in [0.4, 0.5) is 9.18 Å². The smallest absolute Gasteiger partial charge is 0.410 e. The second-order valence-electron chi connectivity index (χ2n) is 8.20. The fraction of sp³-hybridized carbons (Fsp3) is 0.619. The monoisotopic (exact) mass is 520 g/mol. The van der Waals surface area contributed by atoms with Gasteiger partial charge in [0.2, 0.25) is 0 Å². The summed E-state index contributed by atoms with van der Waals surface area (Å²) >= 11 is 0. The Kier molecular flexibility index (Phi) is 10.7. The molecule has 0 aliphatic carbocycles. The van der Waals surface area contributed by atoms with E-state index in [2.05, 4.69) is 15.6 Å². The molecule has 0 radical (unpaired) electrons. The molecule has 1 fully saturated rings. The van der Waals surface area contributed by atoms with E-state index in [1.165, 1.54) is 12.1 Å². The summed E-state index contributed by atoms with van der Waals surface area (Å²) in [5.41, 5.74) is 0.526. The van der Waals surface area contributed by atoms with E-state index >= 15 is 0 Å². The highest BCUT2D eigenvalue weighted by Gasteiger charge is 2.27. The summed E-state index contributed by atoms with van der Waals surface area (Å²) < 4.78 is 18.5. The molecular formula is C21H34FIN4O2. The number of aliphatic imine (C=N–C) groups is 1. The van der Waals surface area contributed by atoms with Crippen LogP contribution in [0.15, 0.2) is 29.3 Å². The third-order valence-electron chi connectivity index (χ3n) is 4.61. The molecule has 1 heterocycles. The topological polar surface area (TPSA) is 66.0 Å². The third-order valence-corrected chi connectivity index (χ3v) is 4.61. The zero-order valence-corrected chi connectivity index (χ0v) is 20.2. The molecule has 6 nitrogen and oxygen atoms in total. The Hall–Kier alpha value is -1.58. The molecule has 164 valence electrons. The molecule has 1 unspecified atom stereocenters. The predicted molar refractivity (Wildman–Crippen MR) is 125 cm³/mol. The van der Waals surface area contributed by atoms with Gasteiger partial charge in [0.25, 0.3) is 0 Å². The average molecular weight is 520 g/mol. The zero-order chi connectivity index (χ0) is 20.6. The van der Waals surface area contributed by atoms with Gasteiger partial charge < -0.3 is 20.3 Å². The molecule has 8 heteroatoms. The number of carbonyl (C=O) groups is 1. The van der Waals surface area contributed by atoms with Gasteiger partial charge in [0.15, 0.2) is 5.96 Å². The highest BCUT2D eigenvalue weighted by atomic mass is 127. The lowest BCUT2D eigenvalue weighted by molar-refractivity contribution is 0.0162. The number of halogens is 2. The summed E-state index contributed by atoms with van der Waals surface area (Å²) in [7, 11) is 1.73. The molecule has 1 amide bonds. The summed E-state index contributed by atoms with van der Waals surface area (Å²) in [5.74, 6) is 0.923. The predicted octanol–water partition coefficient (Wildman–Crippen LogP) is 4.15. The van der Waals surface area contributed by atoms with E-state index in [0.29, 0.717) is 18.4 Å². The minimum absolute atomic E-state index is 0. The van der Waals surface area contributed by atoms with Gasteiger partial charge in [0.05, 0.1) is 0 Å². The third kappa shape index (κ3) is 9.64. The Morgan fingerprint density at radius 1 is 1.28 bits per heavy atom. The van der Waals surface area contributed by atoms with Crippen LogP contribution in [0, 0.1) is 11.7 Å². The van der Waals surface area contributed by atoms with Crippen molar-refractivity contribution in [2.45, 2.75) is 52.2 Å². The minimum Gasteiger partial charge on any atom is -0.444 e. The molecule has 1 aliphatic heterocycles. The summed E-state index contributed by atoms with van der Waals surface area (Å²) in [6, 6.07) is 6.41. The average Bonchev–Trinajstić information content (AvgIpc) is 2.64. The van der Waals surface area contributed by atoms with E-state index < -0.39 is 5.60 Å². The number of likely N-dealkylation sites (tertiary alicyclic amines) is 1. The van der Waals surface area contributed by atoms with E-state index in [4.69, 9.17) is 4.74 Å². The summed E-state index contributed by atoms with van der Waals surface area (Å²) in [5, 5.41) is 6.54. The largest absolute Gasteiger partial charge is 0.444 e. The van der Waals surface area contributed by atoms with Crippen LogP contribution in [0.5, 0.6) is 0 Å². The van der Waals surface area contributed by atoms with Crippen LogP contribution in [0.25, 0.3) is 0 Å². The Morgan fingerprint density at radius 2 is 1.97 bits per heavy atom. The Balaban J connectivity index is 0.00000420. The van der Waals surface area contributed by atoms with Gasteiger partial charge in [0.1, 0.15) is 11.4 Å². The fourth-order valence-electron chi connectivity index (χ4n) is 3.20. The standard InChI is InChI=1S/C21H33FN4O2.HI/c1-21(2,3)28-20(27)26-13-5-6-17(15-26)11-12-24-19(23-4)25-14-16-7-9-18(22)10-8-16;/h7-10,17H,5-6,11-15H2,1-4H3,(H2,23,24,25);1H. The molecular weight excluding hydrogens is 486 g/mol. The van der Waals surface area contributed by atoms with Gasteiger partial charge in [0, 0.05) is 33.2 Å². The van der Waals surface area contributed by atoms with Crippen LogP contribution < -0.4 is 10.6 Å². The molecule has 1 aromatic rings. The molecule has 0 saturated carbocycles. The number of hydrogen-bond donors (Lipinski definition) is 2. The SMILES string of the molecule is CN=C(NCCC1CCCN(C(=O)OC(C)(C)C)C1)NCc1ccc(F)cc1.I. The molecule has 1 aromatic carbocycles. The van der Waals surface area contributed by atoms with Crippen LogP contribution in [0.2, 0.25) is 0 Å². The molecule has 2 rings (SSSR count). The van der Waals surface area contributed by atoms with E-state index in [-0.39, 0.29) is 35.9 Å². The summed E-state index contributed by atoms with van der Waals surface area (Å²) in [6.07, 6.45) is 2.85. The number of carbonyl (C=O) groups excluding carboxylic acids is 1. The number of piperidine rings is 1. The first-order valence-corrected chi connectivity index (χ1v) is 9.94. The van der Waals surface area contributed by atoms with Crippen LogP contribution in [0.1, 0.15) is 45.6 Å². The van der Waals surface area contributed by atoms with Crippen molar-refractivity contribution in [1.29, 1.82) is 0 Å². The number of guanidine groups is 1. The lowest BCUT2D eigenvalue weighted by atomic mass is 9.95. The Labute approximate surface area is 190 Å². The molecule has 1 atom stereocenters. The first kappa shape index (κ1) is 25.5. The minimum atomic E-state index is -0.464. The molecule has 1 saturated heterocycles. The van der Waals surface area contributed by atoms with Crippen molar-refractivity contribution in [3.05, 3.63) is 35.6 Å². The van der Waals surface area contributed by atoms with Crippen molar-refractivity contribution in [3.63, 3.8) is 0 Å². The number of amides is 1. The molecule has 29 heavy (non-hydrogen) atoms. The van der Waals surface area contributed by atoms with Gasteiger partial charge in [-0.25, -0.2) is 9.18 Å². The van der Waals surface area contributed by atoms with E-state index in [1.54, 1.807) is 19.2 Å². The number of hydrogen-bond acceptors (Lipinski definition) is 3. The van der Waals surface area contributed by atoms with Crippen molar-refractivity contribution < 1.29 is 13.9 Å². The fourth-order valence-corrected chi connectivity index (χ4v) is 3.20. The van der Waals surface area contributed by atoms with Gasteiger partial charge in [-0.3, -0.25) is 4.99 Å². The van der Waals surface area contributed by atoms with Crippen molar-refractivity contribution in [2.75, 3.05) is 26.7 Å². The molecule has 0 aromatic heterocycles. The maximum Gasteiger partial charge on any atom is 0.410 e. The maximum absolute atomic E-state index is 13.0. The normalized spacial score (nSPS) is 17.3. The van der Waals surface area contributed by atoms with E-state index in [0.717, 1.165) is 44.5 Å². The lowest BCUT2D eigenvalue weighted by Gasteiger charge is -2.34. The van der Waals surface area contributed by atoms with Gasteiger partial charge in [-0.1, -0.05) is 12.1 Å². The molecule has 0 bridgehead atoms. The van der Waals surface area contributed by atoms with Gasteiger partial charge in [-0.15, -0.1) is 24.0 Å². The second kappa shape index (κ2) is 12.2. The lowest BCUT2D eigenvalue weighted by Crippen LogP contribution is -2.44.